The third kappa shape index (κ3) is 2.63. The van der Waals surface area contributed by atoms with Gasteiger partial charge in [0.1, 0.15) is 5.69 Å². The molecule has 0 spiro atoms. The SMILES string of the molecule is Cc1ccc(S(=O)(=O)c2cccnc2C=NO)cc1. The Labute approximate surface area is 111 Å². The molecule has 1 heterocycles. The highest BCUT2D eigenvalue weighted by molar-refractivity contribution is 7.91. The van der Waals surface area contributed by atoms with Crippen LogP contribution in [0.5, 0.6) is 0 Å². The fraction of sp³-hybridized carbons (Fsp3) is 0.0769. The van der Waals surface area contributed by atoms with Crippen molar-refractivity contribution in [2.75, 3.05) is 0 Å². The molecule has 1 N–H and O–H groups in total. The lowest BCUT2D eigenvalue weighted by atomic mass is 10.2. The molecule has 98 valence electrons. The second-order valence-electron chi connectivity index (χ2n) is 3.95. The molecule has 1 aromatic heterocycles. The summed E-state index contributed by atoms with van der Waals surface area (Å²) in [6.07, 6.45) is 2.44. The average Bonchev–Trinajstić information content (AvgIpc) is 2.40. The van der Waals surface area contributed by atoms with Gasteiger partial charge in [-0.05, 0) is 31.2 Å². The van der Waals surface area contributed by atoms with Crippen molar-refractivity contribution in [2.24, 2.45) is 5.16 Å². The Morgan fingerprint density at radius 3 is 2.53 bits per heavy atom. The zero-order chi connectivity index (χ0) is 13.9. The normalized spacial score (nSPS) is 11.8. The van der Waals surface area contributed by atoms with Crippen LogP contribution in [0.15, 0.2) is 57.5 Å². The van der Waals surface area contributed by atoms with E-state index >= 15 is 0 Å². The summed E-state index contributed by atoms with van der Waals surface area (Å²) in [5, 5.41) is 11.4. The van der Waals surface area contributed by atoms with Crippen LogP contribution in [0.4, 0.5) is 0 Å². The quantitative estimate of drug-likeness (QED) is 0.528. The molecule has 5 nitrogen and oxygen atoms in total. The predicted molar refractivity (Wildman–Crippen MR) is 70.2 cm³/mol. The molecule has 1 aromatic carbocycles. The molecule has 0 saturated heterocycles. The molecule has 2 rings (SSSR count). The van der Waals surface area contributed by atoms with Crippen molar-refractivity contribution in [3.05, 3.63) is 53.9 Å². The van der Waals surface area contributed by atoms with Crippen molar-refractivity contribution < 1.29 is 13.6 Å². The van der Waals surface area contributed by atoms with Crippen LogP contribution in [0, 0.1) is 6.92 Å². The zero-order valence-electron chi connectivity index (χ0n) is 10.2. The van der Waals surface area contributed by atoms with Gasteiger partial charge in [0, 0.05) is 6.20 Å². The molecule has 0 aliphatic rings. The molecule has 0 aliphatic heterocycles. The molecule has 0 fully saturated rings. The third-order valence-corrected chi connectivity index (χ3v) is 4.42. The van der Waals surface area contributed by atoms with Crippen LogP contribution >= 0.6 is 0 Å². The van der Waals surface area contributed by atoms with E-state index in [0.717, 1.165) is 11.8 Å². The van der Waals surface area contributed by atoms with E-state index in [4.69, 9.17) is 5.21 Å². The van der Waals surface area contributed by atoms with Gasteiger partial charge in [0.25, 0.3) is 0 Å². The number of sulfone groups is 1. The lowest BCUT2D eigenvalue weighted by molar-refractivity contribution is 0.321. The number of hydrogen-bond acceptors (Lipinski definition) is 5. The van der Waals surface area contributed by atoms with Crippen molar-refractivity contribution in [2.45, 2.75) is 16.7 Å². The van der Waals surface area contributed by atoms with Crippen molar-refractivity contribution in [3.8, 4) is 0 Å². The second-order valence-corrected chi connectivity index (χ2v) is 5.87. The summed E-state index contributed by atoms with van der Waals surface area (Å²) in [4.78, 5) is 4.08. The molecular formula is C13H12N2O3S. The van der Waals surface area contributed by atoms with E-state index < -0.39 is 9.84 Å². The molecule has 2 aromatic rings. The fourth-order valence-electron chi connectivity index (χ4n) is 1.63. The topological polar surface area (TPSA) is 79.6 Å². The number of rotatable bonds is 3. The summed E-state index contributed by atoms with van der Waals surface area (Å²) in [5.74, 6) is 0. The van der Waals surface area contributed by atoms with Crippen LogP contribution in [0.3, 0.4) is 0 Å². The van der Waals surface area contributed by atoms with Gasteiger partial charge in [-0.15, -0.1) is 0 Å². The van der Waals surface area contributed by atoms with E-state index in [-0.39, 0.29) is 15.5 Å². The van der Waals surface area contributed by atoms with Crippen LogP contribution < -0.4 is 0 Å². The maximum Gasteiger partial charge on any atom is 0.208 e. The van der Waals surface area contributed by atoms with E-state index in [2.05, 4.69) is 10.1 Å². The molecule has 0 amide bonds. The number of pyridine rings is 1. The largest absolute Gasteiger partial charge is 0.411 e. The zero-order valence-corrected chi connectivity index (χ0v) is 11.0. The first-order valence-electron chi connectivity index (χ1n) is 5.50. The van der Waals surface area contributed by atoms with Crippen molar-refractivity contribution in [1.82, 2.24) is 4.98 Å². The van der Waals surface area contributed by atoms with Gasteiger partial charge < -0.3 is 5.21 Å². The van der Waals surface area contributed by atoms with Gasteiger partial charge in [0.05, 0.1) is 16.0 Å². The first kappa shape index (κ1) is 13.2. The first-order valence-corrected chi connectivity index (χ1v) is 6.98. The average molecular weight is 276 g/mol. The van der Waals surface area contributed by atoms with Gasteiger partial charge in [-0.25, -0.2) is 8.42 Å². The maximum absolute atomic E-state index is 12.5. The summed E-state index contributed by atoms with van der Waals surface area (Å²) >= 11 is 0. The van der Waals surface area contributed by atoms with Gasteiger partial charge in [0.15, 0.2) is 0 Å². The minimum Gasteiger partial charge on any atom is -0.411 e. The molecule has 0 radical (unpaired) electrons. The highest BCUT2D eigenvalue weighted by Crippen LogP contribution is 2.22. The predicted octanol–water partition coefficient (Wildman–Crippen LogP) is 2.03. The summed E-state index contributed by atoms with van der Waals surface area (Å²) in [6.45, 7) is 1.88. The first-order chi connectivity index (χ1) is 9.05. The minimum atomic E-state index is -3.67. The number of aryl methyl sites for hydroxylation is 1. The molecule has 0 saturated carbocycles. The number of oxime groups is 1. The lowest BCUT2D eigenvalue weighted by Gasteiger charge is -2.06. The van der Waals surface area contributed by atoms with Crippen molar-refractivity contribution >= 4 is 16.1 Å². The molecule has 19 heavy (non-hydrogen) atoms. The van der Waals surface area contributed by atoms with Gasteiger partial charge in [-0.1, -0.05) is 22.9 Å². The van der Waals surface area contributed by atoms with Gasteiger partial charge in [-0.3, -0.25) is 4.98 Å². The van der Waals surface area contributed by atoms with Gasteiger partial charge >= 0.3 is 0 Å². The molecule has 0 bridgehead atoms. The Kier molecular flexibility index (Phi) is 3.62. The van der Waals surface area contributed by atoms with Crippen LogP contribution in [0.1, 0.15) is 11.3 Å². The second kappa shape index (κ2) is 5.19. The summed E-state index contributed by atoms with van der Waals surface area (Å²) in [5.41, 5.74) is 1.08. The molecule has 0 unspecified atom stereocenters. The number of aromatic nitrogens is 1. The van der Waals surface area contributed by atoms with Crippen molar-refractivity contribution in [1.29, 1.82) is 0 Å². The Morgan fingerprint density at radius 1 is 1.21 bits per heavy atom. The molecule has 0 aliphatic carbocycles. The highest BCUT2D eigenvalue weighted by atomic mass is 32.2. The van der Waals surface area contributed by atoms with E-state index in [9.17, 15) is 8.42 Å². The molecule has 6 heteroatoms. The van der Waals surface area contributed by atoms with Crippen LogP contribution in [0.2, 0.25) is 0 Å². The maximum atomic E-state index is 12.5. The Morgan fingerprint density at radius 2 is 1.89 bits per heavy atom. The lowest BCUT2D eigenvalue weighted by Crippen LogP contribution is -2.07. The summed E-state index contributed by atoms with van der Waals surface area (Å²) < 4.78 is 24.9. The Bertz CT molecular complexity index is 707. The summed E-state index contributed by atoms with van der Waals surface area (Å²) in [7, 11) is -3.67. The monoisotopic (exact) mass is 276 g/mol. The van der Waals surface area contributed by atoms with E-state index in [0.29, 0.717) is 0 Å². The fourth-order valence-corrected chi connectivity index (χ4v) is 3.01. The van der Waals surface area contributed by atoms with Gasteiger partial charge in [0.2, 0.25) is 9.84 Å². The highest BCUT2D eigenvalue weighted by Gasteiger charge is 2.21. The third-order valence-electron chi connectivity index (χ3n) is 2.60. The Balaban J connectivity index is 2.60. The number of hydrogen-bond donors (Lipinski definition) is 1. The smallest absolute Gasteiger partial charge is 0.208 e. The van der Waals surface area contributed by atoms with Crippen LogP contribution in [-0.4, -0.2) is 24.8 Å². The standard InChI is InChI=1S/C13H12N2O3S/c1-10-4-6-11(7-5-10)19(17,18)13-3-2-8-14-12(13)9-15-16/h2-9,16H,1H3. The van der Waals surface area contributed by atoms with E-state index in [1.165, 1.54) is 30.5 Å². The number of benzene rings is 1. The van der Waals surface area contributed by atoms with Crippen molar-refractivity contribution in [3.63, 3.8) is 0 Å². The molecule has 0 atom stereocenters. The minimum absolute atomic E-state index is 0.0108. The van der Waals surface area contributed by atoms with Crippen LogP contribution in [0.25, 0.3) is 0 Å². The summed E-state index contributed by atoms with van der Waals surface area (Å²) in [6, 6.07) is 9.48. The van der Waals surface area contributed by atoms with Crippen LogP contribution in [-0.2, 0) is 9.84 Å². The Hall–Kier alpha value is -2.21. The number of nitrogens with zero attached hydrogens (tertiary/aromatic N) is 2. The van der Waals surface area contributed by atoms with E-state index in [1.807, 2.05) is 6.92 Å². The van der Waals surface area contributed by atoms with Gasteiger partial charge in [-0.2, -0.15) is 0 Å². The van der Waals surface area contributed by atoms with E-state index in [1.54, 1.807) is 12.1 Å². The molecular weight excluding hydrogens is 264 g/mol.